The van der Waals surface area contributed by atoms with Gasteiger partial charge in [0.25, 0.3) is 5.56 Å². The predicted molar refractivity (Wildman–Crippen MR) is 63.4 cm³/mol. The van der Waals surface area contributed by atoms with Gasteiger partial charge in [0.15, 0.2) is 0 Å². The van der Waals surface area contributed by atoms with Crippen molar-refractivity contribution in [2.24, 2.45) is 0 Å². The molecule has 0 bridgehead atoms. The number of hydrogen-bond acceptors (Lipinski definition) is 2. The zero-order valence-electron chi connectivity index (χ0n) is 8.65. The van der Waals surface area contributed by atoms with E-state index in [0.29, 0.717) is 10.9 Å². The van der Waals surface area contributed by atoms with Gasteiger partial charge < -0.3 is 15.1 Å². The minimum absolute atomic E-state index is 0.104. The summed E-state index contributed by atoms with van der Waals surface area (Å²) in [5.41, 5.74) is 0.690. The Kier molecular flexibility index (Phi) is 1.82. The van der Waals surface area contributed by atoms with Gasteiger partial charge in [-0.05, 0) is 12.1 Å². The lowest BCUT2D eigenvalue weighted by atomic mass is 10.1. The van der Waals surface area contributed by atoms with E-state index >= 15 is 0 Å². The summed E-state index contributed by atoms with van der Waals surface area (Å²) >= 11 is 0. The first kappa shape index (κ1) is 9.65. The van der Waals surface area contributed by atoms with E-state index in [1.165, 1.54) is 6.07 Å². The van der Waals surface area contributed by atoms with Crippen molar-refractivity contribution in [2.75, 3.05) is 0 Å². The summed E-state index contributed by atoms with van der Waals surface area (Å²) in [5, 5.41) is 10.4. The molecule has 5 heteroatoms. The Morgan fingerprint density at radius 2 is 1.88 bits per heavy atom. The standard InChI is InChI=1S/C12H8N2O3/c15-11-10-7(5-9(14-11)12(16)17)6-3-1-2-4-8(6)13-10/h1-5,13H,(H,14,15)(H,16,17). The van der Waals surface area contributed by atoms with Crippen molar-refractivity contribution in [3.8, 4) is 0 Å². The Hall–Kier alpha value is -2.56. The largest absolute Gasteiger partial charge is 0.477 e. The first-order valence-electron chi connectivity index (χ1n) is 5.04. The molecule has 1 aromatic carbocycles. The number of hydrogen-bond donors (Lipinski definition) is 3. The molecule has 5 nitrogen and oxygen atoms in total. The van der Waals surface area contributed by atoms with Gasteiger partial charge in [0.05, 0.1) is 0 Å². The summed E-state index contributed by atoms with van der Waals surface area (Å²) in [6.45, 7) is 0. The number of rotatable bonds is 1. The van der Waals surface area contributed by atoms with Gasteiger partial charge in [-0.15, -0.1) is 0 Å². The van der Waals surface area contributed by atoms with Crippen molar-refractivity contribution in [2.45, 2.75) is 0 Å². The minimum Gasteiger partial charge on any atom is -0.477 e. The molecule has 0 amide bonds. The fraction of sp³-hybridized carbons (Fsp3) is 0. The highest BCUT2D eigenvalue weighted by molar-refractivity contribution is 6.08. The lowest BCUT2D eigenvalue weighted by Crippen LogP contribution is -2.12. The number of carboxylic acids is 1. The number of benzene rings is 1. The normalized spacial score (nSPS) is 11.1. The fourth-order valence-electron chi connectivity index (χ4n) is 1.97. The van der Waals surface area contributed by atoms with E-state index in [1.807, 2.05) is 24.3 Å². The summed E-state index contributed by atoms with van der Waals surface area (Å²) in [6, 6.07) is 8.85. The summed E-state index contributed by atoms with van der Waals surface area (Å²) in [6.07, 6.45) is 0. The molecule has 0 radical (unpaired) electrons. The number of aromatic carboxylic acids is 1. The van der Waals surface area contributed by atoms with Crippen LogP contribution < -0.4 is 5.56 Å². The topological polar surface area (TPSA) is 85.9 Å². The Labute approximate surface area is 94.7 Å². The zero-order valence-corrected chi connectivity index (χ0v) is 8.65. The average molecular weight is 228 g/mol. The molecule has 17 heavy (non-hydrogen) atoms. The number of H-pyrrole nitrogens is 2. The molecule has 0 aliphatic carbocycles. The van der Waals surface area contributed by atoms with Gasteiger partial charge in [0, 0.05) is 16.3 Å². The maximum Gasteiger partial charge on any atom is 0.352 e. The van der Waals surface area contributed by atoms with Crippen LogP contribution in [-0.4, -0.2) is 21.0 Å². The quantitative estimate of drug-likeness (QED) is 0.592. The molecule has 0 aliphatic rings. The Morgan fingerprint density at radius 1 is 1.12 bits per heavy atom. The van der Waals surface area contributed by atoms with Gasteiger partial charge in [-0.25, -0.2) is 4.79 Å². The highest BCUT2D eigenvalue weighted by Crippen LogP contribution is 2.22. The maximum atomic E-state index is 11.7. The Morgan fingerprint density at radius 3 is 2.65 bits per heavy atom. The van der Waals surface area contributed by atoms with Gasteiger partial charge in [0.2, 0.25) is 0 Å². The van der Waals surface area contributed by atoms with Crippen LogP contribution in [0.2, 0.25) is 0 Å². The van der Waals surface area contributed by atoms with Crippen molar-refractivity contribution in [1.29, 1.82) is 0 Å². The first-order valence-corrected chi connectivity index (χ1v) is 5.04. The van der Waals surface area contributed by atoms with Crippen LogP contribution in [0.25, 0.3) is 21.8 Å². The lowest BCUT2D eigenvalue weighted by molar-refractivity contribution is 0.0690. The van der Waals surface area contributed by atoms with Gasteiger partial charge in [0.1, 0.15) is 11.2 Å². The van der Waals surface area contributed by atoms with Crippen LogP contribution in [0.15, 0.2) is 35.1 Å². The molecule has 0 saturated heterocycles. The van der Waals surface area contributed by atoms with Gasteiger partial charge in [-0.2, -0.15) is 0 Å². The minimum atomic E-state index is -1.14. The monoisotopic (exact) mass is 228 g/mol. The zero-order chi connectivity index (χ0) is 12.0. The van der Waals surface area contributed by atoms with Crippen molar-refractivity contribution in [3.63, 3.8) is 0 Å². The van der Waals surface area contributed by atoms with Crippen LogP contribution in [0.5, 0.6) is 0 Å². The third kappa shape index (κ3) is 1.32. The predicted octanol–water partition coefficient (Wildman–Crippen LogP) is 1.71. The van der Waals surface area contributed by atoms with Crippen molar-refractivity contribution in [3.05, 3.63) is 46.4 Å². The van der Waals surface area contributed by atoms with Crippen LogP contribution in [0.1, 0.15) is 10.5 Å². The number of fused-ring (bicyclic) bond motifs is 3. The number of pyridine rings is 1. The second-order valence-electron chi connectivity index (χ2n) is 3.78. The molecule has 0 atom stereocenters. The van der Waals surface area contributed by atoms with E-state index in [4.69, 9.17) is 5.11 Å². The third-order valence-electron chi connectivity index (χ3n) is 2.74. The van der Waals surface area contributed by atoms with Gasteiger partial charge in [-0.1, -0.05) is 18.2 Å². The summed E-state index contributed by atoms with van der Waals surface area (Å²) in [4.78, 5) is 27.9. The van der Waals surface area contributed by atoms with E-state index in [0.717, 1.165) is 10.9 Å². The Balaban J connectivity index is 2.55. The van der Waals surface area contributed by atoms with Crippen LogP contribution >= 0.6 is 0 Å². The number of aromatic amines is 2. The van der Waals surface area contributed by atoms with E-state index < -0.39 is 11.5 Å². The molecule has 3 aromatic rings. The van der Waals surface area contributed by atoms with Crippen LogP contribution in [-0.2, 0) is 0 Å². The second kappa shape index (κ2) is 3.21. The average Bonchev–Trinajstić information content (AvgIpc) is 2.68. The molecular formula is C12H8N2O3. The molecule has 2 aromatic heterocycles. The van der Waals surface area contributed by atoms with Gasteiger partial charge in [-0.3, -0.25) is 4.79 Å². The van der Waals surface area contributed by atoms with Crippen LogP contribution in [0.4, 0.5) is 0 Å². The number of nitrogens with one attached hydrogen (secondary N) is 2. The molecule has 0 spiro atoms. The van der Waals surface area contributed by atoms with E-state index in [9.17, 15) is 9.59 Å². The second-order valence-corrected chi connectivity index (χ2v) is 3.78. The number of aromatic nitrogens is 2. The smallest absolute Gasteiger partial charge is 0.352 e. The lowest BCUT2D eigenvalue weighted by Gasteiger charge is -1.95. The molecule has 0 fully saturated rings. The highest BCUT2D eigenvalue weighted by Gasteiger charge is 2.11. The summed E-state index contributed by atoms with van der Waals surface area (Å²) in [7, 11) is 0. The molecule has 0 unspecified atom stereocenters. The third-order valence-corrected chi connectivity index (χ3v) is 2.74. The number of carbonyl (C=O) groups is 1. The Bertz CT molecular complexity index is 798. The maximum absolute atomic E-state index is 11.7. The molecule has 2 heterocycles. The highest BCUT2D eigenvalue weighted by atomic mass is 16.4. The summed E-state index contributed by atoms with van der Waals surface area (Å²) in [5.74, 6) is -1.14. The number of carboxylic acid groups (broad SMARTS) is 1. The van der Waals surface area contributed by atoms with E-state index in [2.05, 4.69) is 9.97 Å². The molecule has 0 aliphatic heterocycles. The first-order chi connectivity index (χ1) is 8.16. The summed E-state index contributed by atoms with van der Waals surface area (Å²) < 4.78 is 0. The van der Waals surface area contributed by atoms with Crippen LogP contribution in [0.3, 0.4) is 0 Å². The fourth-order valence-corrected chi connectivity index (χ4v) is 1.97. The molecule has 0 saturated carbocycles. The molecule has 3 N–H and O–H groups in total. The molecule has 3 rings (SSSR count). The molecule has 84 valence electrons. The van der Waals surface area contributed by atoms with E-state index in [1.54, 1.807) is 0 Å². The van der Waals surface area contributed by atoms with Crippen molar-refractivity contribution >= 4 is 27.8 Å². The van der Waals surface area contributed by atoms with Crippen molar-refractivity contribution in [1.82, 2.24) is 9.97 Å². The van der Waals surface area contributed by atoms with Crippen LogP contribution in [0, 0.1) is 0 Å². The number of para-hydroxylation sites is 1. The van der Waals surface area contributed by atoms with Gasteiger partial charge >= 0.3 is 5.97 Å². The molecular weight excluding hydrogens is 220 g/mol. The SMILES string of the molecule is O=C(O)c1cc2c([nH]c3ccccc32)c(=O)[nH]1. The van der Waals surface area contributed by atoms with Crippen molar-refractivity contribution < 1.29 is 9.90 Å². The van der Waals surface area contributed by atoms with E-state index in [-0.39, 0.29) is 5.69 Å².